The second kappa shape index (κ2) is 9.30. The zero-order chi connectivity index (χ0) is 23.5. The van der Waals surface area contributed by atoms with E-state index < -0.39 is 12.1 Å². The van der Waals surface area contributed by atoms with Gasteiger partial charge in [-0.2, -0.15) is 13.2 Å². The minimum absolute atomic E-state index is 0.0876. The normalized spacial score (nSPS) is 13.4. The highest BCUT2D eigenvalue weighted by Gasteiger charge is 2.38. The number of carbonyl (C=O) groups excluding carboxylic acids is 1. The topological polar surface area (TPSA) is 123 Å². The van der Waals surface area contributed by atoms with Gasteiger partial charge in [0.05, 0.1) is 5.39 Å². The predicted octanol–water partition coefficient (Wildman–Crippen LogP) is 2.93. The Hall–Kier alpha value is -3.54. The van der Waals surface area contributed by atoms with Crippen LogP contribution < -0.4 is 11.1 Å². The van der Waals surface area contributed by atoms with Crippen LogP contribution in [0.3, 0.4) is 0 Å². The fourth-order valence-electron chi connectivity index (χ4n) is 2.92. The van der Waals surface area contributed by atoms with Crippen molar-refractivity contribution in [3.63, 3.8) is 0 Å². The summed E-state index contributed by atoms with van der Waals surface area (Å²) >= 11 is 0. The van der Waals surface area contributed by atoms with Crippen molar-refractivity contribution in [3.05, 3.63) is 59.4 Å². The predicted molar refractivity (Wildman–Crippen MR) is 105 cm³/mol. The van der Waals surface area contributed by atoms with Crippen LogP contribution in [0.1, 0.15) is 40.5 Å². The quantitative estimate of drug-likeness (QED) is 0.511. The Labute approximate surface area is 179 Å². The van der Waals surface area contributed by atoms with Gasteiger partial charge in [-0.1, -0.05) is 12.1 Å². The van der Waals surface area contributed by atoms with Crippen LogP contribution in [0.2, 0.25) is 0 Å². The molecule has 32 heavy (non-hydrogen) atoms. The molecule has 0 bridgehead atoms. The summed E-state index contributed by atoms with van der Waals surface area (Å²) in [6.45, 7) is 0.366. The fraction of sp³-hybridized carbons (Fsp3) is 0.300. The summed E-state index contributed by atoms with van der Waals surface area (Å²) < 4.78 is 47.8. The molecule has 3 aromatic rings. The number of halogens is 4. The number of aromatic nitrogens is 3. The number of carboxylic acids is 1. The zero-order valence-electron chi connectivity index (χ0n) is 16.6. The van der Waals surface area contributed by atoms with Crippen LogP contribution in [0.25, 0.3) is 11.0 Å². The Bertz CT molecular complexity index is 1140. The van der Waals surface area contributed by atoms with Gasteiger partial charge in [0.2, 0.25) is 0 Å². The SMILES string of the molecule is NCc1ccc(CNC(=O)c2ncnc3c2ccn3C2CC2)c(F)c1.O=C(O)C(F)(F)F. The van der Waals surface area contributed by atoms with Gasteiger partial charge in [-0.3, -0.25) is 4.79 Å². The van der Waals surface area contributed by atoms with Crippen LogP contribution in [0, 0.1) is 5.82 Å². The highest BCUT2D eigenvalue weighted by molar-refractivity contribution is 6.03. The van der Waals surface area contributed by atoms with Crippen LogP contribution in [-0.2, 0) is 17.9 Å². The molecule has 0 radical (unpaired) electrons. The smallest absolute Gasteiger partial charge is 0.475 e. The molecule has 0 unspecified atom stereocenters. The van der Waals surface area contributed by atoms with Gasteiger partial charge in [-0.15, -0.1) is 0 Å². The van der Waals surface area contributed by atoms with Crippen molar-refractivity contribution < 1.29 is 32.3 Å². The Kier molecular flexibility index (Phi) is 6.72. The maximum Gasteiger partial charge on any atom is 0.490 e. The molecule has 2 aromatic heterocycles. The molecule has 0 aliphatic heterocycles. The molecule has 1 amide bonds. The number of benzene rings is 1. The number of carbonyl (C=O) groups is 2. The van der Waals surface area contributed by atoms with Crippen molar-refractivity contribution in [1.82, 2.24) is 19.9 Å². The van der Waals surface area contributed by atoms with Crippen molar-refractivity contribution >= 4 is 22.9 Å². The first-order valence-electron chi connectivity index (χ1n) is 9.49. The lowest BCUT2D eigenvalue weighted by Crippen LogP contribution is -2.24. The molecule has 0 spiro atoms. The number of aliphatic carboxylic acids is 1. The Morgan fingerprint density at radius 3 is 2.47 bits per heavy atom. The Balaban J connectivity index is 0.000000360. The van der Waals surface area contributed by atoms with E-state index in [4.69, 9.17) is 15.6 Å². The van der Waals surface area contributed by atoms with E-state index in [-0.39, 0.29) is 24.8 Å². The summed E-state index contributed by atoms with van der Waals surface area (Å²) in [5, 5.41) is 10.6. The van der Waals surface area contributed by atoms with E-state index in [0.29, 0.717) is 28.2 Å². The lowest BCUT2D eigenvalue weighted by atomic mass is 10.1. The number of alkyl halides is 3. The molecule has 4 N–H and O–H groups in total. The average molecular weight is 453 g/mol. The van der Waals surface area contributed by atoms with E-state index >= 15 is 0 Å². The molecule has 1 fully saturated rings. The van der Waals surface area contributed by atoms with Gasteiger partial charge >= 0.3 is 12.1 Å². The van der Waals surface area contributed by atoms with Gasteiger partial charge in [-0.05, 0) is 30.5 Å². The molecule has 0 saturated heterocycles. The van der Waals surface area contributed by atoms with Gasteiger partial charge in [0.15, 0.2) is 0 Å². The van der Waals surface area contributed by atoms with Crippen LogP contribution in [0.15, 0.2) is 36.8 Å². The largest absolute Gasteiger partial charge is 0.490 e. The zero-order valence-corrected chi connectivity index (χ0v) is 16.6. The first kappa shape index (κ1) is 23.1. The summed E-state index contributed by atoms with van der Waals surface area (Å²) in [4.78, 5) is 29.8. The number of hydrogen-bond donors (Lipinski definition) is 3. The summed E-state index contributed by atoms with van der Waals surface area (Å²) in [6.07, 6.45) is 0.520. The summed E-state index contributed by atoms with van der Waals surface area (Å²) in [6, 6.07) is 7.11. The molecule has 2 heterocycles. The first-order chi connectivity index (χ1) is 15.1. The Morgan fingerprint density at radius 2 is 1.91 bits per heavy atom. The van der Waals surface area contributed by atoms with Crippen molar-refractivity contribution in [2.24, 2.45) is 5.73 Å². The molecule has 0 atom stereocenters. The van der Waals surface area contributed by atoms with Gasteiger partial charge in [0, 0.05) is 30.9 Å². The number of amides is 1. The van der Waals surface area contributed by atoms with E-state index in [0.717, 1.165) is 18.5 Å². The number of hydrogen-bond acceptors (Lipinski definition) is 5. The van der Waals surface area contributed by atoms with Crippen LogP contribution in [0.5, 0.6) is 0 Å². The molecule has 1 aromatic carbocycles. The number of carboxylic acid groups (broad SMARTS) is 1. The van der Waals surface area contributed by atoms with E-state index in [1.165, 1.54) is 12.4 Å². The minimum atomic E-state index is -5.08. The highest BCUT2D eigenvalue weighted by Crippen LogP contribution is 2.37. The average Bonchev–Trinajstić information content (AvgIpc) is 3.50. The van der Waals surface area contributed by atoms with Gasteiger partial charge in [-0.25, -0.2) is 19.2 Å². The third-order valence-corrected chi connectivity index (χ3v) is 4.70. The van der Waals surface area contributed by atoms with E-state index in [1.54, 1.807) is 12.1 Å². The molecule has 170 valence electrons. The van der Waals surface area contributed by atoms with Crippen molar-refractivity contribution in [2.75, 3.05) is 0 Å². The minimum Gasteiger partial charge on any atom is -0.475 e. The number of nitrogens with two attached hydrogens (primary N) is 1. The third-order valence-electron chi connectivity index (χ3n) is 4.70. The van der Waals surface area contributed by atoms with Crippen LogP contribution in [0.4, 0.5) is 17.6 Å². The third kappa shape index (κ3) is 5.38. The number of nitrogens with one attached hydrogen (secondary N) is 1. The van der Waals surface area contributed by atoms with Gasteiger partial charge in [0.25, 0.3) is 5.91 Å². The standard InChI is InChI=1S/C18H18FN5O.C2HF3O2/c19-15-7-11(8-20)1-2-12(15)9-21-18(25)16-14-5-6-24(13-3-4-13)17(14)23-10-22-16;3-2(4,5)1(6)7/h1-2,5-7,10,13H,3-4,8-9,20H2,(H,21,25);(H,6,7). The van der Waals surface area contributed by atoms with E-state index in [2.05, 4.69) is 19.9 Å². The van der Waals surface area contributed by atoms with Crippen molar-refractivity contribution in [3.8, 4) is 0 Å². The summed E-state index contributed by atoms with van der Waals surface area (Å²) in [5.41, 5.74) is 7.69. The molecule has 4 rings (SSSR count). The van der Waals surface area contributed by atoms with Crippen molar-refractivity contribution in [2.45, 2.75) is 38.1 Å². The summed E-state index contributed by atoms with van der Waals surface area (Å²) in [5.74, 6) is -3.48. The number of fused-ring (bicyclic) bond motifs is 1. The van der Waals surface area contributed by atoms with Crippen molar-refractivity contribution in [1.29, 1.82) is 0 Å². The van der Waals surface area contributed by atoms with E-state index in [1.807, 2.05) is 12.3 Å². The maximum absolute atomic E-state index is 14.0. The summed E-state index contributed by atoms with van der Waals surface area (Å²) in [7, 11) is 0. The molecule has 1 saturated carbocycles. The molecular weight excluding hydrogens is 434 g/mol. The highest BCUT2D eigenvalue weighted by atomic mass is 19.4. The second-order valence-electron chi connectivity index (χ2n) is 7.03. The maximum atomic E-state index is 14.0. The monoisotopic (exact) mass is 453 g/mol. The lowest BCUT2D eigenvalue weighted by molar-refractivity contribution is -0.192. The van der Waals surface area contributed by atoms with Gasteiger partial charge < -0.3 is 20.7 Å². The molecule has 1 aliphatic carbocycles. The fourth-order valence-corrected chi connectivity index (χ4v) is 2.92. The molecule has 1 aliphatic rings. The number of nitrogens with zero attached hydrogens (tertiary/aromatic N) is 3. The number of rotatable bonds is 5. The van der Waals surface area contributed by atoms with Crippen LogP contribution in [-0.4, -0.2) is 37.7 Å². The first-order valence-corrected chi connectivity index (χ1v) is 9.49. The second-order valence-corrected chi connectivity index (χ2v) is 7.03. The van der Waals surface area contributed by atoms with E-state index in [9.17, 15) is 22.4 Å². The Morgan fingerprint density at radius 1 is 1.22 bits per heavy atom. The van der Waals surface area contributed by atoms with Crippen LogP contribution >= 0.6 is 0 Å². The lowest BCUT2D eigenvalue weighted by Gasteiger charge is -2.08. The molecule has 12 heteroatoms. The molecule has 8 nitrogen and oxygen atoms in total. The van der Waals surface area contributed by atoms with Gasteiger partial charge in [0.1, 0.15) is 23.5 Å². The molecular formula is C20H19F4N5O3.